The fourth-order valence-electron chi connectivity index (χ4n) is 2.82. The molecule has 1 aromatic heterocycles. The molecule has 136 valence electrons. The lowest BCUT2D eigenvalue weighted by Crippen LogP contribution is -2.24. The molecule has 0 atom stereocenters. The maximum absolute atomic E-state index is 12.8. The van der Waals surface area contributed by atoms with Crippen LogP contribution in [0.25, 0.3) is 0 Å². The van der Waals surface area contributed by atoms with E-state index >= 15 is 0 Å². The van der Waals surface area contributed by atoms with Crippen molar-refractivity contribution in [1.29, 1.82) is 0 Å². The predicted molar refractivity (Wildman–Crippen MR) is 98.4 cm³/mol. The smallest absolute Gasteiger partial charge is 0.341 e. The number of benzene rings is 1. The Morgan fingerprint density at radius 3 is 2.69 bits per heavy atom. The molecule has 2 aromatic rings. The molecule has 0 aliphatic heterocycles. The number of carbonyl (C=O) groups is 2. The van der Waals surface area contributed by atoms with Gasteiger partial charge in [0.2, 0.25) is 0 Å². The van der Waals surface area contributed by atoms with Gasteiger partial charge in [0, 0.05) is 4.88 Å². The van der Waals surface area contributed by atoms with Crippen LogP contribution < -0.4 is 10.7 Å². The van der Waals surface area contributed by atoms with Gasteiger partial charge in [0.1, 0.15) is 10.8 Å². The highest BCUT2D eigenvalue weighted by atomic mass is 32.1. The van der Waals surface area contributed by atoms with E-state index in [0.717, 1.165) is 36.1 Å². The molecule has 0 unspecified atom stereocenters. The Bertz CT molecular complexity index is 846. The molecule has 26 heavy (non-hydrogen) atoms. The van der Waals surface area contributed by atoms with Crippen LogP contribution in [-0.4, -0.2) is 25.3 Å². The maximum atomic E-state index is 12.8. The van der Waals surface area contributed by atoms with E-state index in [0.29, 0.717) is 16.1 Å². The summed E-state index contributed by atoms with van der Waals surface area (Å²) in [5.41, 5.74) is 4.39. The Morgan fingerprint density at radius 2 is 1.96 bits per heavy atom. The van der Waals surface area contributed by atoms with Gasteiger partial charge in [-0.25, -0.2) is 19.4 Å². The summed E-state index contributed by atoms with van der Waals surface area (Å²) in [6.07, 6.45) is 5.20. The minimum Gasteiger partial charge on any atom is -0.465 e. The highest BCUT2D eigenvalue weighted by Crippen LogP contribution is 2.38. The third-order valence-corrected chi connectivity index (χ3v) is 5.24. The first-order valence-corrected chi connectivity index (χ1v) is 8.98. The van der Waals surface area contributed by atoms with Crippen LogP contribution in [0, 0.1) is 5.82 Å². The van der Waals surface area contributed by atoms with Crippen molar-refractivity contribution < 1.29 is 18.7 Å². The largest absolute Gasteiger partial charge is 0.465 e. The summed E-state index contributed by atoms with van der Waals surface area (Å²) < 4.78 is 17.7. The number of nitrogens with one attached hydrogen (secondary N) is 2. The number of carbonyl (C=O) groups excluding carboxylic acids is 2. The number of fused-ring (bicyclic) bond motifs is 1. The number of anilines is 1. The number of amides is 2. The van der Waals surface area contributed by atoms with E-state index in [-0.39, 0.29) is 5.82 Å². The van der Waals surface area contributed by atoms with Gasteiger partial charge in [-0.2, -0.15) is 5.10 Å². The summed E-state index contributed by atoms with van der Waals surface area (Å²) >= 11 is 1.40. The molecule has 0 saturated heterocycles. The first-order valence-electron chi connectivity index (χ1n) is 8.17. The summed E-state index contributed by atoms with van der Waals surface area (Å²) in [4.78, 5) is 25.3. The Labute approximate surface area is 154 Å². The summed E-state index contributed by atoms with van der Waals surface area (Å²) in [6.45, 7) is 0. The van der Waals surface area contributed by atoms with Crippen molar-refractivity contribution in [3.63, 3.8) is 0 Å². The van der Waals surface area contributed by atoms with Crippen LogP contribution in [0.4, 0.5) is 14.2 Å². The van der Waals surface area contributed by atoms with Gasteiger partial charge in [0.05, 0.1) is 18.9 Å². The molecule has 2 amide bonds. The summed E-state index contributed by atoms with van der Waals surface area (Å²) in [5.74, 6) is -0.792. The molecule has 6 nitrogen and oxygen atoms in total. The molecule has 0 radical (unpaired) electrons. The average molecular weight is 375 g/mol. The first-order chi connectivity index (χ1) is 12.6. The predicted octanol–water partition coefficient (Wildman–Crippen LogP) is 3.71. The number of nitrogens with zero attached hydrogens (tertiary/aromatic N) is 1. The standard InChI is InChI=1S/C18H18FN3O3S/c1-25-17(23)15-13-4-2-3-5-14(13)26-16(15)21-18(24)22-20-10-11-6-8-12(19)9-7-11/h6-10H,2-5H2,1H3,(H2,21,22,24). The van der Waals surface area contributed by atoms with Crippen molar-refractivity contribution >= 4 is 34.6 Å². The second-order valence-corrected chi connectivity index (χ2v) is 6.89. The minimum atomic E-state index is -0.563. The Morgan fingerprint density at radius 1 is 1.23 bits per heavy atom. The van der Waals surface area contributed by atoms with E-state index in [1.165, 1.54) is 36.8 Å². The normalized spacial score (nSPS) is 13.3. The van der Waals surface area contributed by atoms with Crippen LogP contribution in [0.2, 0.25) is 0 Å². The zero-order valence-corrected chi connectivity index (χ0v) is 15.0. The molecule has 1 heterocycles. The zero-order valence-electron chi connectivity index (χ0n) is 14.2. The molecule has 8 heteroatoms. The zero-order chi connectivity index (χ0) is 18.5. The number of halogens is 1. The number of ether oxygens (including phenoxy) is 1. The van der Waals surface area contributed by atoms with E-state index in [2.05, 4.69) is 15.8 Å². The monoisotopic (exact) mass is 375 g/mol. The minimum absolute atomic E-state index is 0.343. The highest BCUT2D eigenvalue weighted by Gasteiger charge is 2.26. The number of aryl methyl sites for hydroxylation is 1. The van der Waals surface area contributed by atoms with Gasteiger partial charge in [0.15, 0.2) is 0 Å². The van der Waals surface area contributed by atoms with Crippen LogP contribution in [0.3, 0.4) is 0 Å². The van der Waals surface area contributed by atoms with Crippen LogP contribution >= 0.6 is 11.3 Å². The molecule has 1 aliphatic carbocycles. The lowest BCUT2D eigenvalue weighted by atomic mass is 9.95. The number of methoxy groups -OCH3 is 1. The van der Waals surface area contributed by atoms with Gasteiger partial charge in [-0.15, -0.1) is 11.3 Å². The molecule has 2 N–H and O–H groups in total. The topological polar surface area (TPSA) is 79.8 Å². The van der Waals surface area contributed by atoms with Crippen molar-refractivity contribution in [2.45, 2.75) is 25.7 Å². The Balaban J connectivity index is 1.70. The van der Waals surface area contributed by atoms with Gasteiger partial charge in [-0.05, 0) is 48.9 Å². The van der Waals surface area contributed by atoms with Crippen LogP contribution in [0.15, 0.2) is 29.4 Å². The van der Waals surface area contributed by atoms with E-state index in [9.17, 15) is 14.0 Å². The molecule has 0 saturated carbocycles. The third-order valence-electron chi connectivity index (χ3n) is 4.04. The maximum Gasteiger partial charge on any atom is 0.341 e. The van der Waals surface area contributed by atoms with Gasteiger partial charge in [-0.3, -0.25) is 5.32 Å². The fraction of sp³-hybridized carbons (Fsp3) is 0.278. The third kappa shape index (κ3) is 4.08. The van der Waals surface area contributed by atoms with Gasteiger partial charge < -0.3 is 4.74 Å². The summed E-state index contributed by atoms with van der Waals surface area (Å²) in [6, 6.07) is 5.13. The second-order valence-electron chi connectivity index (χ2n) is 5.78. The first kappa shape index (κ1) is 18.1. The van der Waals surface area contributed by atoms with Crippen molar-refractivity contribution in [2.75, 3.05) is 12.4 Å². The number of urea groups is 1. The molecule has 0 bridgehead atoms. The van der Waals surface area contributed by atoms with Crippen molar-refractivity contribution in [3.05, 3.63) is 51.7 Å². The number of hydrazone groups is 1. The fourth-order valence-corrected chi connectivity index (χ4v) is 4.09. The number of hydrogen-bond donors (Lipinski definition) is 2. The average Bonchev–Trinajstić information content (AvgIpc) is 3.00. The molecule has 1 aliphatic rings. The van der Waals surface area contributed by atoms with Crippen LogP contribution in [0.1, 0.15) is 39.2 Å². The highest BCUT2D eigenvalue weighted by molar-refractivity contribution is 7.17. The van der Waals surface area contributed by atoms with Crippen molar-refractivity contribution in [3.8, 4) is 0 Å². The summed E-state index contributed by atoms with van der Waals surface area (Å²) in [7, 11) is 1.33. The second kappa shape index (κ2) is 8.09. The molecular weight excluding hydrogens is 357 g/mol. The van der Waals surface area contributed by atoms with Crippen molar-refractivity contribution in [1.82, 2.24) is 5.43 Å². The van der Waals surface area contributed by atoms with E-state index in [1.54, 1.807) is 12.1 Å². The molecular formula is C18H18FN3O3S. The van der Waals surface area contributed by atoms with E-state index in [1.807, 2.05) is 0 Å². The van der Waals surface area contributed by atoms with Gasteiger partial charge in [-0.1, -0.05) is 12.1 Å². The Kier molecular flexibility index (Phi) is 5.62. The lowest BCUT2D eigenvalue weighted by molar-refractivity contribution is 0.0601. The van der Waals surface area contributed by atoms with E-state index < -0.39 is 12.0 Å². The number of hydrogen-bond acceptors (Lipinski definition) is 5. The van der Waals surface area contributed by atoms with Gasteiger partial charge in [0.25, 0.3) is 0 Å². The molecule has 3 rings (SSSR count). The lowest BCUT2D eigenvalue weighted by Gasteiger charge is -2.11. The number of esters is 1. The van der Waals surface area contributed by atoms with Crippen LogP contribution in [-0.2, 0) is 17.6 Å². The number of rotatable bonds is 4. The molecule has 1 aromatic carbocycles. The van der Waals surface area contributed by atoms with Crippen LogP contribution in [0.5, 0.6) is 0 Å². The Hall–Kier alpha value is -2.74. The molecule has 0 spiro atoms. The van der Waals surface area contributed by atoms with Gasteiger partial charge >= 0.3 is 12.0 Å². The number of thiophene rings is 1. The quantitative estimate of drug-likeness (QED) is 0.486. The molecule has 0 fully saturated rings. The van der Waals surface area contributed by atoms with Crippen molar-refractivity contribution in [2.24, 2.45) is 5.10 Å². The SMILES string of the molecule is COC(=O)c1c(NC(=O)NN=Cc2ccc(F)cc2)sc2c1CCCC2. The summed E-state index contributed by atoms with van der Waals surface area (Å²) in [5, 5.41) is 6.97. The van der Waals surface area contributed by atoms with E-state index in [4.69, 9.17) is 4.74 Å².